The van der Waals surface area contributed by atoms with Crippen LogP contribution in [0.3, 0.4) is 0 Å². The van der Waals surface area contributed by atoms with Crippen LogP contribution >= 0.6 is 24.0 Å². The molecule has 0 bridgehead atoms. The highest BCUT2D eigenvalue weighted by Gasteiger charge is 2.20. The minimum atomic E-state index is -0.752. The predicted molar refractivity (Wildman–Crippen MR) is 117 cm³/mol. The summed E-state index contributed by atoms with van der Waals surface area (Å²) in [6.07, 6.45) is 1.17. The molecule has 29 heavy (non-hydrogen) atoms. The van der Waals surface area contributed by atoms with Gasteiger partial charge >= 0.3 is 0 Å². The van der Waals surface area contributed by atoms with E-state index in [1.165, 1.54) is 0 Å². The number of nitrogens with one attached hydrogen (secondary N) is 2. The van der Waals surface area contributed by atoms with Crippen molar-refractivity contribution < 1.29 is 14.7 Å². The van der Waals surface area contributed by atoms with E-state index in [4.69, 9.17) is 17.3 Å². The molecule has 2 atom stereocenters. The van der Waals surface area contributed by atoms with Crippen LogP contribution in [0, 0.1) is 6.92 Å². The molecule has 2 aromatic carbocycles. The Balaban J connectivity index is 0.00000420. The van der Waals surface area contributed by atoms with Crippen molar-refractivity contribution >= 4 is 35.8 Å². The number of aromatic hydroxyl groups is 1. The molecule has 0 fully saturated rings. The molecule has 0 saturated carbocycles. The maximum absolute atomic E-state index is 12.3. The zero-order chi connectivity index (χ0) is 20.7. The number of benzene rings is 2. The molecular formula is C21H27Cl2N3O3. The third kappa shape index (κ3) is 7.57. The van der Waals surface area contributed by atoms with Gasteiger partial charge < -0.3 is 21.5 Å². The third-order valence-corrected chi connectivity index (χ3v) is 4.69. The number of amides is 2. The summed E-state index contributed by atoms with van der Waals surface area (Å²) in [7, 11) is 0. The highest BCUT2D eigenvalue weighted by molar-refractivity contribution is 6.30. The lowest BCUT2D eigenvalue weighted by atomic mass is 10.1. The van der Waals surface area contributed by atoms with Gasteiger partial charge in [0.25, 0.3) is 0 Å². The molecule has 2 rings (SSSR count). The van der Waals surface area contributed by atoms with Crippen LogP contribution < -0.4 is 16.4 Å². The van der Waals surface area contributed by atoms with Gasteiger partial charge in [-0.2, -0.15) is 0 Å². The maximum Gasteiger partial charge on any atom is 0.242 e. The molecule has 0 aromatic heterocycles. The van der Waals surface area contributed by atoms with Crippen molar-refractivity contribution in [3.8, 4) is 5.75 Å². The first kappa shape index (κ1) is 24.8. The Bertz CT molecular complexity index is 831. The second-order valence-electron chi connectivity index (χ2n) is 6.81. The van der Waals surface area contributed by atoms with E-state index in [1.54, 1.807) is 26.0 Å². The highest BCUT2D eigenvalue weighted by atomic mass is 35.5. The van der Waals surface area contributed by atoms with Gasteiger partial charge in [0.15, 0.2) is 0 Å². The van der Waals surface area contributed by atoms with Crippen LogP contribution in [0.1, 0.15) is 30.0 Å². The van der Waals surface area contributed by atoms with E-state index in [9.17, 15) is 14.7 Å². The number of hydrogen-bond acceptors (Lipinski definition) is 4. The normalized spacial score (nSPS) is 12.4. The Labute approximate surface area is 182 Å². The monoisotopic (exact) mass is 439 g/mol. The lowest BCUT2D eigenvalue weighted by molar-refractivity contribution is -0.129. The summed E-state index contributed by atoms with van der Waals surface area (Å²) in [6, 6.07) is 11.5. The summed E-state index contributed by atoms with van der Waals surface area (Å²) in [5.74, 6) is -0.662. The van der Waals surface area contributed by atoms with E-state index in [1.807, 2.05) is 30.3 Å². The van der Waals surface area contributed by atoms with Crippen LogP contribution in [0.4, 0.5) is 0 Å². The molecule has 158 valence electrons. The second-order valence-corrected chi connectivity index (χ2v) is 7.25. The molecule has 2 amide bonds. The van der Waals surface area contributed by atoms with Gasteiger partial charge in [0, 0.05) is 17.1 Å². The topological polar surface area (TPSA) is 104 Å². The Morgan fingerprint density at radius 2 is 1.83 bits per heavy atom. The van der Waals surface area contributed by atoms with Gasteiger partial charge in [-0.15, -0.1) is 12.4 Å². The summed E-state index contributed by atoms with van der Waals surface area (Å²) in [5, 5.41) is 15.8. The van der Waals surface area contributed by atoms with Crippen LogP contribution in [0.5, 0.6) is 5.75 Å². The van der Waals surface area contributed by atoms with Crippen LogP contribution in [0.15, 0.2) is 42.5 Å². The Hall–Kier alpha value is -2.28. The lowest BCUT2D eigenvalue weighted by Crippen LogP contribution is -2.50. The second kappa shape index (κ2) is 11.7. The van der Waals surface area contributed by atoms with E-state index in [-0.39, 0.29) is 36.5 Å². The summed E-state index contributed by atoms with van der Waals surface area (Å²) < 4.78 is 0. The van der Waals surface area contributed by atoms with E-state index in [0.717, 1.165) is 5.56 Å². The highest BCUT2D eigenvalue weighted by Crippen LogP contribution is 2.26. The molecule has 0 unspecified atom stereocenters. The summed E-state index contributed by atoms with van der Waals surface area (Å²) in [4.78, 5) is 24.5. The first-order valence-electron chi connectivity index (χ1n) is 9.13. The standard InChI is InChI=1S/C21H26ClN3O3.ClH/c1-13-10-17(22)11-16(19(13)26)12-24-20(27)14(2)25-21(28)18(23)9-8-15-6-4-3-5-7-15;/h3-7,10-11,14,18,26H,8-9,12,23H2,1-2H3,(H,24,27)(H,25,28);1H/t14-,18+;/m0./s1. The molecule has 0 aliphatic rings. The molecular weight excluding hydrogens is 413 g/mol. The van der Waals surface area contributed by atoms with E-state index >= 15 is 0 Å². The number of halogens is 2. The quantitative estimate of drug-likeness (QED) is 0.507. The molecule has 0 spiro atoms. The zero-order valence-electron chi connectivity index (χ0n) is 16.4. The number of carbonyl (C=O) groups is 2. The summed E-state index contributed by atoms with van der Waals surface area (Å²) in [5.41, 5.74) is 8.18. The molecule has 8 heteroatoms. The van der Waals surface area contributed by atoms with Gasteiger partial charge in [0.2, 0.25) is 11.8 Å². The van der Waals surface area contributed by atoms with Gasteiger partial charge in [-0.3, -0.25) is 9.59 Å². The first-order chi connectivity index (χ1) is 13.3. The lowest BCUT2D eigenvalue weighted by Gasteiger charge is -2.18. The number of aryl methyl sites for hydroxylation is 2. The molecule has 0 saturated heterocycles. The largest absolute Gasteiger partial charge is 0.507 e. The Kier molecular flexibility index (Phi) is 9.95. The van der Waals surface area contributed by atoms with Crippen LogP contribution in [0.25, 0.3) is 0 Å². The first-order valence-corrected chi connectivity index (χ1v) is 9.51. The number of rotatable bonds is 8. The number of phenolic OH excluding ortho intramolecular Hbond substituents is 1. The van der Waals surface area contributed by atoms with Crippen molar-refractivity contribution in [3.63, 3.8) is 0 Å². The molecule has 0 aliphatic carbocycles. The average molecular weight is 440 g/mol. The van der Waals surface area contributed by atoms with Gasteiger partial charge in [0.05, 0.1) is 6.04 Å². The van der Waals surface area contributed by atoms with Crippen LogP contribution in [0.2, 0.25) is 5.02 Å². The Morgan fingerprint density at radius 1 is 1.17 bits per heavy atom. The van der Waals surface area contributed by atoms with Crippen molar-refractivity contribution in [3.05, 3.63) is 64.2 Å². The summed E-state index contributed by atoms with van der Waals surface area (Å²) >= 11 is 5.98. The SMILES string of the molecule is Cc1cc(Cl)cc(CNC(=O)[C@H](C)NC(=O)[C@H](N)CCc2ccccc2)c1O.Cl. The predicted octanol–water partition coefficient (Wildman–Crippen LogP) is 2.86. The van der Waals surface area contributed by atoms with Gasteiger partial charge in [-0.05, 0) is 49.9 Å². The van der Waals surface area contributed by atoms with Gasteiger partial charge in [-0.25, -0.2) is 0 Å². The van der Waals surface area contributed by atoms with Crippen molar-refractivity contribution in [1.82, 2.24) is 10.6 Å². The van der Waals surface area contributed by atoms with E-state index < -0.39 is 12.1 Å². The minimum Gasteiger partial charge on any atom is -0.507 e. The smallest absolute Gasteiger partial charge is 0.242 e. The fraction of sp³-hybridized carbons (Fsp3) is 0.333. The number of phenols is 1. The van der Waals surface area contributed by atoms with E-state index in [2.05, 4.69) is 10.6 Å². The molecule has 0 aliphatic heterocycles. The van der Waals surface area contributed by atoms with Gasteiger partial charge in [0.1, 0.15) is 11.8 Å². The molecule has 2 aromatic rings. The number of hydrogen-bond donors (Lipinski definition) is 4. The summed E-state index contributed by atoms with van der Waals surface area (Å²) in [6.45, 7) is 3.42. The van der Waals surface area contributed by atoms with Crippen molar-refractivity contribution in [2.75, 3.05) is 0 Å². The maximum atomic E-state index is 12.3. The van der Waals surface area contributed by atoms with E-state index in [0.29, 0.717) is 29.0 Å². The van der Waals surface area contributed by atoms with Crippen molar-refractivity contribution in [2.45, 2.75) is 45.3 Å². The van der Waals surface area contributed by atoms with Crippen LogP contribution in [-0.4, -0.2) is 29.0 Å². The third-order valence-electron chi connectivity index (χ3n) is 4.47. The van der Waals surface area contributed by atoms with Gasteiger partial charge in [-0.1, -0.05) is 41.9 Å². The van der Waals surface area contributed by atoms with Crippen molar-refractivity contribution in [2.24, 2.45) is 5.73 Å². The number of nitrogens with two attached hydrogens (primary N) is 1. The molecule has 6 nitrogen and oxygen atoms in total. The molecule has 0 radical (unpaired) electrons. The molecule has 5 N–H and O–H groups in total. The van der Waals surface area contributed by atoms with Crippen LogP contribution in [-0.2, 0) is 22.6 Å². The zero-order valence-corrected chi connectivity index (χ0v) is 18.0. The number of carbonyl (C=O) groups excluding carboxylic acids is 2. The fourth-order valence-electron chi connectivity index (χ4n) is 2.76. The molecule has 0 heterocycles. The van der Waals surface area contributed by atoms with Crippen molar-refractivity contribution in [1.29, 1.82) is 0 Å². The minimum absolute atomic E-state index is 0. The average Bonchev–Trinajstić information content (AvgIpc) is 2.68. The fourth-order valence-corrected chi connectivity index (χ4v) is 3.05. The Morgan fingerprint density at radius 3 is 2.48 bits per heavy atom.